The van der Waals surface area contributed by atoms with Crippen molar-refractivity contribution in [3.8, 4) is 17.2 Å². The molecule has 0 heterocycles. The van der Waals surface area contributed by atoms with E-state index in [0.29, 0.717) is 17.9 Å². The molecule has 2 unspecified atom stereocenters. The van der Waals surface area contributed by atoms with Crippen molar-refractivity contribution in [2.75, 3.05) is 0 Å². The SMILES string of the molecule is CCCCCc1cc(OPI)cc(OPI)c1OC(C)=O. The number of halogens is 2. The van der Waals surface area contributed by atoms with Gasteiger partial charge in [-0.15, -0.1) is 0 Å². The van der Waals surface area contributed by atoms with Gasteiger partial charge in [0.1, 0.15) is 18.6 Å². The van der Waals surface area contributed by atoms with Gasteiger partial charge in [0.2, 0.25) is 0 Å². The Labute approximate surface area is 155 Å². The van der Waals surface area contributed by atoms with Crippen LogP contribution in [0.2, 0.25) is 0 Å². The molecule has 0 aliphatic heterocycles. The highest BCUT2D eigenvalue weighted by Crippen LogP contribution is 2.42. The molecular weight excluding hydrogens is 536 g/mol. The summed E-state index contributed by atoms with van der Waals surface area (Å²) in [7, 11) is 0. The Morgan fingerprint density at radius 1 is 1.19 bits per heavy atom. The van der Waals surface area contributed by atoms with Gasteiger partial charge in [0.15, 0.2) is 11.5 Å². The van der Waals surface area contributed by atoms with Crippen LogP contribution in [0.3, 0.4) is 0 Å². The lowest BCUT2D eigenvalue weighted by Crippen LogP contribution is -2.05. The first kappa shape index (κ1) is 19.7. The molecule has 0 N–H and O–H groups in total. The van der Waals surface area contributed by atoms with E-state index in [1.165, 1.54) is 6.92 Å². The van der Waals surface area contributed by atoms with Gasteiger partial charge in [0, 0.05) is 18.6 Å². The minimum absolute atomic E-state index is 0.249. The number of ether oxygens (including phenoxy) is 1. The molecule has 0 aliphatic rings. The van der Waals surface area contributed by atoms with Crippen molar-refractivity contribution in [1.29, 1.82) is 0 Å². The van der Waals surface area contributed by atoms with Gasteiger partial charge >= 0.3 is 5.97 Å². The summed E-state index contributed by atoms with van der Waals surface area (Å²) in [5.41, 5.74) is 0.968. The third-order valence-electron chi connectivity index (χ3n) is 2.71. The summed E-state index contributed by atoms with van der Waals surface area (Å²) in [6.45, 7) is 4.15. The molecule has 0 aromatic heterocycles. The Bertz CT molecular complexity index is 472. The maximum Gasteiger partial charge on any atom is 0.308 e. The number of aryl methyl sites for hydroxylation is 1. The maximum atomic E-state index is 11.4. The molecule has 8 heteroatoms. The van der Waals surface area contributed by atoms with E-state index in [1.807, 2.05) is 6.07 Å². The predicted octanol–water partition coefficient (Wildman–Crippen LogP) is 5.99. The lowest BCUT2D eigenvalue weighted by atomic mass is 10.1. The third kappa shape index (κ3) is 7.14. The maximum absolute atomic E-state index is 11.4. The monoisotopic (exact) mass is 554 g/mol. The van der Waals surface area contributed by atoms with Crippen molar-refractivity contribution in [2.45, 2.75) is 39.5 Å². The van der Waals surface area contributed by atoms with E-state index in [-0.39, 0.29) is 12.4 Å². The Kier molecular flexibility index (Phi) is 10.5. The second kappa shape index (κ2) is 11.2. The molecule has 0 amide bonds. The van der Waals surface area contributed by atoms with Crippen LogP contribution >= 0.6 is 57.0 Å². The molecule has 0 saturated carbocycles. The van der Waals surface area contributed by atoms with Crippen molar-refractivity contribution in [1.82, 2.24) is 0 Å². The molecule has 118 valence electrons. The molecule has 0 radical (unpaired) electrons. The van der Waals surface area contributed by atoms with Crippen LogP contribution in [0.15, 0.2) is 12.1 Å². The number of unbranched alkanes of at least 4 members (excludes halogenated alkanes) is 2. The van der Waals surface area contributed by atoms with E-state index < -0.39 is 0 Å². The largest absolute Gasteiger partial charge is 0.467 e. The van der Waals surface area contributed by atoms with Crippen LogP contribution in [0.5, 0.6) is 17.2 Å². The molecular formula is C13H18I2O4P2. The van der Waals surface area contributed by atoms with Gasteiger partial charge in [0.05, 0.1) is 0 Å². The average molecular weight is 554 g/mol. The van der Waals surface area contributed by atoms with E-state index in [4.69, 9.17) is 13.8 Å². The minimum atomic E-state index is -0.335. The van der Waals surface area contributed by atoms with Crippen LogP contribution in [0.25, 0.3) is 0 Å². The van der Waals surface area contributed by atoms with Gasteiger partial charge in [-0.25, -0.2) is 0 Å². The van der Waals surface area contributed by atoms with Crippen LogP contribution in [-0.2, 0) is 11.2 Å². The van der Waals surface area contributed by atoms with E-state index >= 15 is 0 Å². The number of benzene rings is 1. The number of hydrogen-bond acceptors (Lipinski definition) is 4. The summed E-state index contributed by atoms with van der Waals surface area (Å²) in [5, 5.41) is 0. The van der Waals surface area contributed by atoms with Gasteiger partial charge in [-0.05, 0) is 63.0 Å². The zero-order valence-corrected chi connectivity index (χ0v) is 18.2. The minimum Gasteiger partial charge on any atom is -0.467 e. The molecule has 0 fully saturated rings. The Balaban J connectivity index is 3.14. The van der Waals surface area contributed by atoms with Gasteiger partial charge in [-0.2, -0.15) is 0 Å². The van der Waals surface area contributed by atoms with E-state index in [9.17, 15) is 4.79 Å². The number of hydrogen-bond donors (Lipinski definition) is 0. The number of carbonyl (C=O) groups is 1. The van der Waals surface area contributed by atoms with Crippen molar-refractivity contribution in [3.63, 3.8) is 0 Å². The van der Waals surface area contributed by atoms with Crippen molar-refractivity contribution in [3.05, 3.63) is 17.7 Å². The highest BCUT2D eigenvalue weighted by atomic mass is 127. The molecule has 4 nitrogen and oxygen atoms in total. The van der Waals surface area contributed by atoms with Crippen molar-refractivity contribution in [2.24, 2.45) is 0 Å². The molecule has 0 aliphatic carbocycles. The zero-order chi connectivity index (χ0) is 15.7. The summed E-state index contributed by atoms with van der Waals surface area (Å²) in [6, 6.07) is 3.74. The highest BCUT2D eigenvalue weighted by Gasteiger charge is 2.16. The Morgan fingerprint density at radius 2 is 1.90 bits per heavy atom. The fraction of sp³-hybridized carbons (Fsp3) is 0.462. The highest BCUT2D eigenvalue weighted by molar-refractivity contribution is 14.2. The predicted molar refractivity (Wildman–Crippen MR) is 107 cm³/mol. The van der Waals surface area contributed by atoms with Crippen LogP contribution in [0, 0.1) is 0 Å². The average Bonchev–Trinajstić information content (AvgIpc) is 2.43. The van der Waals surface area contributed by atoms with Crippen LogP contribution < -0.4 is 13.8 Å². The van der Waals surface area contributed by atoms with Gasteiger partial charge in [-0.3, -0.25) is 4.79 Å². The van der Waals surface area contributed by atoms with Gasteiger partial charge < -0.3 is 13.8 Å². The first-order chi connectivity index (χ1) is 10.1. The van der Waals surface area contributed by atoms with E-state index in [2.05, 4.69) is 51.0 Å². The van der Waals surface area contributed by atoms with Gasteiger partial charge in [0.25, 0.3) is 0 Å². The quantitative estimate of drug-likeness (QED) is 0.124. The summed E-state index contributed by atoms with van der Waals surface area (Å²) >= 11 is 4.32. The summed E-state index contributed by atoms with van der Waals surface area (Å²) in [4.78, 5) is 11.4. The van der Waals surface area contributed by atoms with Crippen LogP contribution in [-0.4, -0.2) is 5.97 Å². The van der Waals surface area contributed by atoms with E-state index in [1.54, 1.807) is 6.07 Å². The third-order valence-corrected chi connectivity index (χ3v) is 4.64. The molecule has 1 aromatic rings. The molecule has 21 heavy (non-hydrogen) atoms. The topological polar surface area (TPSA) is 44.8 Å². The Hall–Kier alpha value is 0.610. The molecule has 0 spiro atoms. The number of esters is 1. The molecule has 2 atom stereocenters. The lowest BCUT2D eigenvalue weighted by molar-refractivity contribution is -0.132. The van der Waals surface area contributed by atoms with Crippen molar-refractivity contribution >= 4 is 63.0 Å². The standard InChI is InChI=1S/C13H18I2O4P2/c1-3-4-5-6-10-7-11(18-20-14)8-12(19-21-15)13(10)17-9(2)16/h7-8,20-21H,3-6H2,1-2H3. The van der Waals surface area contributed by atoms with Crippen LogP contribution in [0.4, 0.5) is 0 Å². The summed E-state index contributed by atoms with van der Waals surface area (Å²) in [6.07, 6.45) is 4.18. The van der Waals surface area contributed by atoms with Gasteiger partial charge in [-0.1, -0.05) is 19.8 Å². The number of rotatable bonds is 9. The molecule has 1 rings (SSSR count). The molecule has 0 bridgehead atoms. The van der Waals surface area contributed by atoms with E-state index in [0.717, 1.165) is 37.0 Å². The second-order valence-electron chi connectivity index (χ2n) is 4.32. The van der Waals surface area contributed by atoms with Crippen LogP contribution in [0.1, 0.15) is 38.7 Å². The smallest absolute Gasteiger partial charge is 0.308 e. The second-order valence-corrected chi connectivity index (χ2v) is 7.68. The fourth-order valence-corrected chi connectivity index (χ4v) is 3.78. The first-order valence-electron chi connectivity index (χ1n) is 6.52. The summed E-state index contributed by atoms with van der Waals surface area (Å²) in [5.74, 6) is 1.54. The molecule has 0 saturated heterocycles. The first-order valence-corrected chi connectivity index (χ1v) is 14.6. The summed E-state index contributed by atoms with van der Waals surface area (Å²) < 4.78 is 16.6. The fourth-order valence-electron chi connectivity index (χ4n) is 1.86. The van der Waals surface area contributed by atoms with Crippen molar-refractivity contribution < 1.29 is 18.6 Å². The molecule has 1 aromatic carbocycles. The number of carbonyl (C=O) groups excluding carboxylic acids is 1. The zero-order valence-electron chi connectivity index (χ0n) is 11.9. The lowest BCUT2D eigenvalue weighted by Gasteiger charge is -2.15. The Morgan fingerprint density at radius 3 is 2.48 bits per heavy atom. The normalized spacial score (nSPS) is 11.4.